The van der Waals surface area contributed by atoms with Crippen molar-refractivity contribution in [1.29, 1.82) is 0 Å². The fourth-order valence-electron chi connectivity index (χ4n) is 4.32. The van der Waals surface area contributed by atoms with Gasteiger partial charge in [0.05, 0.1) is 13.2 Å². The Morgan fingerprint density at radius 2 is 1.26 bits per heavy atom. The summed E-state index contributed by atoms with van der Waals surface area (Å²) in [5.41, 5.74) is 8.22. The van der Waals surface area contributed by atoms with E-state index in [9.17, 15) is 4.79 Å². The molecule has 2 aromatic carbocycles. The lowest BCUT2D eigenvalue weighted by Gasteiger charge is -2.13. The third-order valence-electron chi connectivity index (χ3n) is 5.64. The number of aryl methyl sites for hydroxylation is 2. The fraction of sp³-hybridized carbons (Fsp3) is 0.348. The number of esters is 1. The summed E-state index contributed by atoms with van der Waals surface area (Å²) < 4.78 is 16.8. The number of carbonyl (C=O) groups is 1. The zero-order valence-corrected chi connectivity index (χ0v) is 15.3. The number of ether oxygens (including phenoxy) is 3. The van der Waals surface area contributed by atoms with Crippen molar-refractivity contribution in [2.75, 3.05) is 19.8 Å². The van der Waals surface area contributed by atoms with Crippen molar-refractivity contribution >= 4 is 17.1 Å². The summed E-state index contributed by atoms with van der Waals surface area (Å²) in [5, 5.41) is 0. The minimum atomic E-state index is -0.344. The van der Waals surface area contributed by atoms with Crippen LogP contribution in [0, 0.1) is 0 Å². The number of hydrogen-bond acceptors (Lipinski definition) is 4. The molecule has 0 fully saturated rings. The monoisotopic (exact) mass is 362 g/mol. The van der Waals surface area contributed by atoms with Gasteiger partial charge in [-0.2, -0.15) is 0 Å². The molecule has 138 valence electrons. The zero-order chi connectivity index (χ0) is 18.2. The maximum absolute atomic E-state index is 11.9. The normalized spacial score (nSPS) is 21.4. The number of hydrogen-bond donors (Lipinski definition) is 0. The third-order valence-corrected chi connectivity index (χ3v) is 5.64. The van der Waals surface area contributed by atoms with Crippen LogP contribution in [0.1, 0.15) is 41.5 Å². The molecule has 1 aliphatic heterocycles. The molecule has 27 heavy (non-hydrogen) atoms. The largest absolute Gasteiger partial charge is 0.493 e. The summed E-state index contributed by atoms with van der Waals surface area (Å²) in [4.78, 5) is 11.9. The number of benzene rings is 2. The Morgan fingerprint density at radius 3 is 1.93 bits per heavy atom. The highest BCUT2D eigenvalue weighted by atomic mass is 16.6. The van der Waals surface area contributed by atoms with Crippen LogP contribution in [0.3, 0.4) is 0 Å². The smallest absolute Gasteiger partial charge is 0.344 e. The molecule has 3 aliphatic rings. The van der Waals surface area contributed by atoms with Crippen LogP contribution in [0.5, 0.6) is 11.5 Å². The van der Waals surface area contributed by atoms with Crippen molar-refractivity contribution in [3.63, 3.8) is 0 Å². The van der Waals surface area contributed by atoms with E-state index in [2.05, 4.69) is 30.3 Å². The Hall–Kier alpha value is -2.75. The molecule has 2 aliphatic carbocycles. The Kier molecular flexibility index (Phi) is 4.12. The van der Waals surface area contributed by atoms with E-state index in [1.165, 1.54) is 33.4 Å². The molecule has 0 saturated heterocycles. The average molecular weight is 362 g/mol. The summed E-state index contributed by atoms with van der Waals surface area (Å²) >= 11 is 0. The lowest BCUT2D eigenvalue weighted by Crippen LogP contribution is -2.16. The van der Waals surface area contributed by atoms with E-state index in [-0.39, 0.29) is 12.6 Å². The summed E-state index contributed by atoms with van der Waals surface area (Å²) in [5.74, 6) is 1.28. The number of carbonyl (C=O) groups excluding carboxylic acids is 1. The van der Waals surface area contributed by atoms with Crippen LogP contribution in [0.2, 0.25) is 0 Å². The Morgan fingerprint density at radius 1 is 0.667 bits per heavy atom. The number of rotatable bonds is 0. The molecule has 1 heterocycles. The Balaban J connectivity index is 1.60. The number of allylic oxidation sites excluding steroid dienone is 2. The first-order chi connectivity index (χ1) is 13.3. The van der Waals surface area contributed by atoms with Gasteiger partial charge in [-0.3, -0.25) is 0 Å². The van der Waals surface area contributed by atoms with Crippen LogP contribution >= 0.6 is 0 Å². The van der Waals surface area contributed by atoms with Crippen molar-refractivity contribution in [1.82, 2.24) is 0 Å². The first-order valence-electron chi connectivity index (χ1n) is 9.68. The average Bonchev–Trinajstić information content (AvgIpc) is 3.28. The van der Waals surface area contributed by atoms with Crippen molar-refractivity contribution in [2.45, 2.75) is 32.1 Å². The van der Waals surface area contributed by atoms with E-state index < -0.39 is 0 Å². The topological polar surface area (TPSA) is 44.8 Å². The minimum Gasteiger partial charge on any atom is -0.493 e. The molecule has 5 rings (SSSR count). The predicted molar refractivity (Wildman–Crippen MR) is 103 cm³/mol. The zero-order valence-electron chi connectivity index (χ0n) is 15.3. The Labute approximate surface area is 158 Å². The quantitative estimate of drug-likeness (QED) is 0.659. The molecule has 0 radical (unpaired) electrons. The molecular weight excluding hydrogens is 340 g/mol. The van der Waals surface area contributed by atoms with Crippen LogP contribution in [0.25, 0.3) is 11.1 Å². The molecule has 0 amide bonds. The maximum Gasteiger partial charge on any atom is 0.344 e. The lowest BCUT2D eigenvalue weighted by atomic mass is 9.97. The Bertz CT molecular complexity index is 941. The second-order valence-corrected chi connectivity index (χ2v) is 7.31. The molecule has 4 heteroatoms. The standard InChI is InChI=1S/C23H22O4/c24-23-14-27-18-7-3-16-5-9-20(22(16)13-18)19-8-4-15-2-6-17(12-21(15)19)25-10-1-11-26-23/h2-3,6-7,12-13H,1,4-5,8-11,14H2/b20-19-. The van der Waals surface area contributed by atoms with E-state index in [1.807, 2.05) is 6.07 Å². The highest BCUT2D eigenvalue weighted by molar-refractivity contribution is 5.96. The second kappa shape index (κ2) is 6.76. The van der Waals surface area contributed by atoms with Crippen LogP contribution in [-0.2, 0) is 22.4 Å². The van der Waals surface area contributed by atoms with Gasteiger partial charge in [0.1, 0.15) is 11.5 Å². The molecule has 4 bridgehead atoms. The number of cyclic esters (lactones) is 1. The van der Waals surface area contributed by atoms with Crippen molar-refractivity contribution in [2.24, 2.45) is 0 Å². The molecule has 0 N–H and O–H groups in total. The molecule has 4 nitrogen and oxygen atoms in total. The van der Waals surface area contributed by atoms with Crippen molar-refractivity contribution in [3.8, 4) is 11.5 Å². The fourth-order valence-corrected chi connectivity index (χ4v) is 4.32. The lowest BCUT2D eigenvalue weighted by molar-refractivity contribution is -0.146. The molecule has 0 aromatic heterocycles. The molecule has 2 aromatic rings. The van der Waals surface area contributed by atoms with E-state index in [0.717, 1.165) is 37.2 Å². The van der Waals surface area contributed by atoms with Gasteiger partial charge in [0.15, 0.2) is 6.61 Å². The van der Waals surface area contributed by atoms with Gasteiger partial charge in [0.25, 0.3) is 0 Å². The van der Waals surface area contributed by atoms with Gasteiger partial charge in [-0.05, 0) is 83.3 Å². The molecule has 0 saturated carbocycles. The third kappa shape index (κ3) is 3.09. The van der Waals surface area contributed by atoms with Gasteiger partial charge in [-0.1, -0.05) is 12.1 Å². The van der Waals surface area contributed by atoms with Gasteiger partial charge in [-0.15, -0.1) is 0 Å². The summed E-state index contributed by atoms with van der Waals surface area (Å²) in [6, 6.07) is 12.6. The molecular formula is C23H22O4. The van der Waals surface area contributed by atoms with Crippen LogP contribution < -0.4 is 9.47 Å². The van der Waals surface area contributed by atoms with Gasteiger partial charge in [-0.25, -0.2) is 4.79 Å². The van der Waals surface area contributed by atoms with Crippen LogP contribution in [-0.4, -0.2) is 25.8 Å². The van der Waals surface area contributed by atoms with Gasteiger partial charge in [0.2, 0.25) is 0 Å². The first-order valence-corrected chi connectivity index (χ1v) is 9.68. The van der Waals surface area contributed by atoms with E-state index in [4.69, 9.17) is 14.2 Å². The highest BCUT2D eigenvalue weighted by Crippen LogP contribution is 2.45. The first kappa shape index (κ1) is 16.4. The minimum absolute atomic E-state index is 0.0608. The summed E-state index contributed by atoms with van der Waals surface area (Å²) in [6.07, 6.45) is 4.94. The predicted octanol–water partition coefficient (Wildman–Crippen LogP) is 4.19. The SMILES string of the molecule is O=C1COc2ccc3c(c2)/C(=C2/CCc4ccc(cc42)OCCCO1)CC3. The van der Waals surface area contributed by atoms with Gasteiger partial charge in [0, 0.05) is 6.42 Å². The molecule has 0 atom stereocenters. The highest BCUT2D eigenvalue weighted by Gasteiger charge is 2.26. The second-order valence-electron chi connectivity index (χ2n) is 7.31. The van der Waals surface area contributed by atoms with E-state index in [1.54, 1.807) is 0 Å². The number of fused-ring (bicyclic) bond motifs is 2. The van der Waals surface area contributed by atoms with Gasteiger partial charge >= 0.3 is 5.97 Å². The van der Waals surface area contributed by atoms with Crippen molar-refractivity contribution in [3.05, 3.63) is 58.7 Å². The van der Waals surface area contributed by atoms with Gasteiger partial charge < -0.3 is 14.2 Å². The summed E-state index contributed by atoms with van der Waals surface area (Å²) in [7, 11) is 0. The molecule has 0 spiro atoms. The van der Waals surface area contributed by atoms with Crippen LogP contribution in [0.4, 0.5) is 0 Å². The van der Waals surface area contributed by atoms with E-state index in [0.29, 0.717) is 19.6 Å². The summed E-state index contributed by atoms with van der Waals surface area (Å²) in [6.45, 7) is 0.809. The van der Waals surface area contributed by atoms with E-state index >= 15 is 0 Å². The molecule has 0 unspecified atom stereocenters. The van der Waals surface area contributed by atoms with Crippen molar-refractivity contribution < 1.29 is 19.0 Å². The maximum atomic E-state index is 11.9. The van der Waals surface area contributed by atoms with Crippen LogP contribution in [0.15, 0.2) is 36.4 Å².